The van der Waals surface area contributed by atoms with Crippen LogP contribution in [0.2, 0.25) is 0 Å². The van der Waals surface area contributed by atoms with Crippen LogP contribution in [0.25, 0.3) is 0 Å². The molecule has 18 heavy (non-hydrogen) atoms. The van der Waals surface area contributed by atoms with E-state index in [0.29, 0.717) is 12.1 Å². The fourth-order valence-corrected chi connectivity index (χ4v) is 1.79. The second kappa shape index (κ2) is 9.03. The lowest BCUT2D eigenvalue weighted by Gasteiger charge is -2.12. The quantitative estimate of drug-likeness (QED) is 0.592. The summed E-state index contributed by atoms with van der Waals surface area (Å²) in [4.78, 5) is 0. The van der Waals surface area contributed by atoms with E-state index in [1.54, 1.807) is 12.1 Å². The summed E-state index contributed by atoms with van der Waals surface area (Å²) in [6.07, 6.45) is 3.31. The number of nitrogens with one attached hydrogen (secondary N) is 1. The lowest BCUT2D eigenvalue weighted by molar-refractivity contribution is 0.174. The molecule has 3 N–H and O–H groups in total. The Labute approximate surface area is 108 Å². The monoisotopic (exact) mass is 255 g/mol. The Morgan fingerprint density at radius 2 is 1.94 bits per heavy atom. The maximum atomic E-state index is 12.9. The molecule has 0 aliphatic rings. The molecule has 1 aromatic rings. The maximum Gasteiger partial charge on any atom is 0.123 e. The highest BCUT2D eigenvalue weighted by Crippen LogP contribution is 2.12. The number of unbranched alkanes of at least 4 members (excludes halogenated alkanes) is 3. The summed E-state index contributed by atoms with van der Waals surface area (Å²) in [6.45, 7) is 1.52. The van der Waals surface area contributed by atoms with Crippen LogP contribution in [0.3, 0.4) is 0 Å². The van der Waals surface area contributed by atoms with Crippen LogP contribution in [0.15, 0.2) is 24.3 Å². The molecule has 1 unspecified atom stereocenters. The predicted octanol–water partition coefficient (Wildman–Crippen LogP) is 2.00. The average molecular weight is 255 g/mol. The minimum absolute atomic E-state index is 0.256. The number of hydrogen-bond donors (Lipinski definition) is 3. The van der Waals surface area contributed by atoms with Crippen LogP contribution >= 0.6 is 0 Å². The fraction of sp³-hybridized carbons (Fsp3) is 0.571. The van der Waals surface area contributed by atoms with Crippen molar-refractivity contribution in [2.24, 2.45) is 0 Å². The fourth-order valence-electron chi connectivity index (χ4n) is 1.79. The summed E-state index contributed by atoms with van der Waals surface area (Å²) in [5, 5.41) is 21.6. The van der Waals surface area contributed by atoms with Crippen molar-refractivity contribution in [1.82, 2.24) is 5.32 Å². The predicted molar refractivity (Wildman–Crippen MR) is 69.8 cm³/mol. The normalized spacial score (nSPS) is 12.6. The van der Waals surface area contributed by atoms with Crippen LogP contribution in [0.4, 0.5) is 4.39 Å². The number of aliphatic hydroxyl groups excluding tert-OH is 2. The largest absolute Gasteiger partial charge is 0.396 e. The summed E-state index contributed by atoms with van der Waals surface area (Å²) in [5.74, 6) is -0.324. The van der Waals surface area contributed by atoms with E-state index in [2.05, 4.69) is 5.32 Å². The van der Waals surface area contributed by atoms with Gasteiger partial charge in [-0.2, -0.15) is 0 Å². The molecule has 4 heteroatoms. The molecule has 1 rings (SSSR count). The summed E-state index contributed by atoms with van der Waals surface area (Å²) in [5.41, 5.74) is 0.600. The molecule has 0 radical (unpaired) electrons. The maximum absolute atomic E-state index is 12.9. The zero-order valence-electron chi connectivity index (χ0n) is 10.6. The molecule has 0 aliphatic carbocycles. The van der Waals surface area contributed by atoms with E-state index in [0.717, 1.165) is 32.2 Å². The third kappa shape index (κ3) is 6.10. The van der Waals surface area contributed by atoms with Gasteiger partial charge in [0.05, 0.1) is 6.10 Å². The van der Waals surface area contributed by atoms with Crippen molar-refractivity contribution in [2.45, 2.75) is 31.8 Å². The van der Waals surface area contributed by atoms with Gasteiger partial charge in [-0.25, -0.2) is 4.39 Å². The first kappa shape index (κ1) is 15.1. The molecule has 3 nitrogen and oxygen atoms in total. The Bertz CT molecular complexity index is 333. The van der Waals surface area contributed by atoms with Gasteiger partial charge < -0.3 is 15.5 Å². The van der Waals surface area contributed by atoms with Crippen molar-refractivity contribution < 1.29 is 14.6 Å². The van der Waals surface area contributed by atoms with Crippen LogP contribution in [0.5, 0.6) is 0 Å². The molecule has 0 aromatic heterocycles. The van der Waals surface area contributed by atoms with Gasteiger partial charge >= 0.3 is 0 Å². The highest BCUT2D eigenvalue weighted by atomic mass is 19.1. The van der Waals surface area contributed by atoms with E-state index in [-0.39, 0.29) is 12.4 Å². The highest BCUT2D eigenvalue weighted by molar-refractivity contribution is 5.18. The topological polar surface area (TPSA) is 52.5 Å². The minimum Gasteiger partial charge on any atom is -0.396 e. The van der Waals surface area contributed by atoms with Crippen LogP contribution in [0, 0.1) is 5.82 Å². The van der Waals surface area contributed by atoms with Crippen LogP contribution in [0.1, 0.15) is 37.4 Å². The molecule has 0 spiro atoms. The number of benzene rings is 1. The zero-order valence-corrected chi connectivity index (χ0v) is 10.6. The number of hydrogen-bond acceptors (Lipinski definition) is 3. The summed E-state index contributed by atoms with van der Waals surface area (Å²) >= 11 is 0. The standard InChI is InChI=1S/C14H22FNO2/c15-13-7-5-6-12(10-13)14(18)11-16-8-3-1-2-4-9-17/h5-7,10,14,16-18H,1-4,8-9,11H2. The van der Waals surface area contributed by atoms with Crippen LogP contribution in [-0.2, 0) is 0 Å². The van der Waals surface area contributed by atoms with Gasteiger partial charge in [0, 0.05) is 13.2 Å². The molecular weight excluding hydrogens is 233 g/mol. The molecule has 0 aliphatic heterocycles. The van der Waals surface area contributed by atoms with E-state index in [1.807, 2.05) is 0 Å². The Morgan fingerprint density at radius 1 is 1.17 bits per heavy atom. The van der Waals surface area contributed by atoms with E-state index >= 15 is 0 Å². The molecule has 1 aromatic carbocycles. The van der Waals surface area contributed by atoms with Crippen molar-refractivity contribution in [1.29, 1.82) is 0 Å². The first-order valence-corrected chi connectivity index (χ1v) is 6.49. The molecule has 1 atom stereocenters. The van der Waals surface area contributed by atoms with Crippen LogP contribution in [-0.4, -0.2) is 29.9 Å². The van der Waals surface area contributed by atoms with Gasteiger partial charge in [0.2, 0.25) is 0 Å². The molecule has 0 saturated heterocycles. The Morgan fingerprint density at radius 3 is 2.67 bits per heavy atom. The first-order chi connectivity index (χ1) is 8.74. The Hall–Kier alpha value is -0.970. The number of rotatable bonds is 9. The van der Waals surface area contributed by atoms with E-state index < -0.39 is 6.10 Å². The third-order valence-electron chi connectivity index (χ3n) is 2.83. The lowest BCUT2D eigenvalue weighted by atomic mass is 10.1. The van der Waals surface area contributed by atoms with Crippen molar-refractivity contribution in [3.05, 3.63) is 35.6 Å². The smallest absolute Gasteiger partial charge is 0.123 e. The van der Waals surface area contributed by atoms with Gasteiger partial charge in [0.1, 0.15) is 5.82 Å². The first-order valence-electron chi connectivity index (χ1n) is 6.49. The van der Waals surface area contributed by atoms with Gasteiger partial charge in [0.15, 0.2) is 0 Å². The molecule has 0 amide bonds. The number of aliphatic hydroxyl groups is 2. The van der Waals surface area contributed by atoms with Crippen molar-refractivity contribution in [3.8, 4) is 0 Å². The second-order valence-corrected chi connectivity index (χ2v) is 4.41. The van der Waals surface area contributed by atoms with Crippen molar-refractivity contribution in [3.63, 3.8) is 0 Å². The molecule has 0 heterocycles. The van der Waals surface area contributed by atoms with E-state index in [4.69, 9.17) is 5.11 Å². The molecular formula is C14H22FNO2. The van der Waals surface area contributed by atoms with Gasteiger partial charge in [-0.15, -0.1) is 0 Å². The van der Waals surface area contributed by atoms with Crippen molar-refractivity contribution in [2.75, 3.05) is 19.7 Å². The minimum atomic E-state index is -0.668. The zero-order chi connectivity index (χ0) is 13.2. The Balaban J connectivity index is 2.12. The van der Waals surface area contributed by atoms with Gasteiger partial charge in [0.25, 0.3) is 0 Å². The molecule has 102 valence electrons. The average Bonchev–Trinajstić information content (AvgIpc) is 2.37. The summed E-state index contributed by atoms with van der Waals surface area (Å²) in [6, 6.07) is 6.04. The van der Waals surface area contributed by atoms with Crippen molar-refractivity contribution >= 4 is 0 Å². The molecule has 0 bridgehead atoms. The highest BCUT2D eigenvalue weighted by Gasteiger charge is 2.07. The van der Waals surface area contributed by atoms with Gasteiger partial charge in [-0.05, 0) is 37.1 Å². The number of halogens is 1. The van der Waals surface area contributed by atoms with Gasteiger partial charge in [-0.3, -0.25) is 0 Å². The molecule has 0 saturated carbocycles. The lowest BCUT2D eigenvalue weighted by Crippen LogP contribution is -2.22. The SMILES string of the molecule is OCCCCCCNCC(O)c1cccc(F)c1. The van der Waals surface area contributed by atoms with E-state index in [1.165, 1.54) is 12.1 Å². The second-order valence-electron chi connectivity index (χ2n) is 4.41. The molecule has 0 fully saturated rings. The summed E-state index contributed by atoms with van der Waals surface area (Å²) in [7, 11) is 0. The Kier molecular flexibility index (Phi) is 7.57. The summed E-state index contributed by atoms with van der Waals surface area (Å²) < 4.78 is 12.9. The van der Waals surface area contributed by atoms with Crippen LogP contribution < -0.4 is 5.32 Å². The van der Waals surface area contributed by atoms with Gasteiger partial charge in [-0.1, -0.05) is 25.0 Å². The third-order valence-corrected chi connectivity index (χ3v) is 2.83. The van der Waals surface area contributed by atoms with E-state index in [9.17, 15) is 9.50 Å².